The molecular formula is C20H23N5O4S2. The van der Waals surface area contributed by atoms with Crippen LogP contribution >= 0.6 is 11.3 Å². The van der Waals surface area contributed by atoms with Crippen LogP contribution in [0.4, 0.5) is 0 Å². The molecule has 0 amide bonds. The SMILES string of the molecule is CCCCn1c(COC(=O)c2cc3c(C)nn(C)c3s2)nc2cc(S(N)(=O)=O)ccc21. The summed E-state index contributed by atoms with van der Waals surface area (Å²) in [7, 11) is -1.99. The molecule has 31 heavy (non-hydrogen) atoms. The first-order chi connectivity index (χ1) is 14.7. The Morgan fingerprint density at radius 3 is 2.74 bits per heavy atom. The molecule has 0 fully saturated rings. The maximum atomic E-state index is 12.7. The number of sulfonamides is 1. The van der Waals surface area contributed by atoms with E-state index in [2.05, 4.69) is 17.0 Å². The van der Waals surface area contributed by atoms with E-state index in [1.165, 1.54) is 23.5 Å². The Kier molecular flexibility index (Phi) is 5.58. The van der Waals surface area contributed by atoms with Crippen LogP contribution in [0.3, 0.4) is 0 Å². The van der Waals surface area contributed by atoms with E-state index in [-0.39, 0.29) is 11.5 Å². The number of esters is 1. The van der Waals surface area contributed by atoms with Gasteiger partial charge in [0.2, 0.25) is 10.0 Å². The summed E-state index contributed by atoms with van der Waals surface area (Å²) in [6.07, 6.45) is 1.88. The van der Waals surface area contributed by atoms with Gasteiger partial charge in [-0.2, -0.15) is 5.10 Å². The molecule has 164 valence electrons. The highest BCUT2D eigenvalue weighted by atomic mass is 32.2. The molecule has 0 radical (unpaired) electrons. The molecule has 0 aliphatic heterocycles. The first-order valence-corrected chi connectivity index (χ1v) is 12.2. The van der Waals surface area contributed by atoms with Crippen molar-refractivity contribution in [2.45, 2.75) is 44.7 Å². The maximum absolute atomic E-state index is 12.7. The van der Waals surface area contributed by atoms with E-state index in [9.17, 15) is 13.2 Å². The summed E-state index contributed by atoms with van der Waals surface area (Å²) in [6.45, 7) is 4.64. The number of nitrogens with two attached hydrogens (primary N) is 1. The summed E-state index contributed by atoms with van der Waals surface area (Å²) in [6, 6.07) is 6.39. The standard InChI is InChI=1S/C20H23N5O4S2/c1-4-5-8-25-16-7-6-13(31(21,27)28)9-15(16)22-18(25)11-29-20(26)17-10-14-12(2)23-24(3)19(14)30-17/h6-7,9-10H,4-5,8,11H2,1-3H3,(H2,21,27,28). The smallest absolute Gasteiger partial charge is 0.348 e. The Bertz CT molecular complexity index is 1360. The largest absolute Gasteiger partial charge is 0.453 e. The lowest BCUT2D eigenvalue weighted by Gasteiger charge is -2.09. The lowest BCUT2D eigenvalue weighted by molar-refractivity contribution is 0.0464. The number of nitrogens with zero attached hydrogens (tertiary/aromatic N) is 4. The van der Waals surface area contributed by atoms with Gasteiger partial charge in [-0.3, -0.25) is 4.68 Å². The van der Waals surface area contributed by atoms with Crippen molar-refractivity contribution in [3.8, 4) is 0 Å². The van der Waals surface area contributed by atoms with Crippen LogP contribution in [0.1, 0.15) is 41.0 Å². The van der Waals surface area contributed by atoms with Gasteiger partial charge in [0.25, 0.3) is 0 Å². The molecule has 0 saturated carbocycles. The van der Waals surface area contributed by atoms with Crippen molar-refractivity contribution < 1.29 is 17.9 Å². The molecule has 9 nitrogen and oxygen atoms in total. The lowest BCUT2D eigenvalue weighted by Crippen LogP contribution is -2.12. The van der Waals surface area contributed by atoms with Crippen LogP contribution in [0.25, 0.3) is 21.3 Å². The van der Waals surface area contributed by atoms with E-state index in [0.717, 1.165) is 34.3 Å². The van der Waals surface area contributed by atoms with Crippen molar-refractivity contribution in [3.63, 3.8) is 0 Å². The van der Waals surface area contributed by atoms with Gasteiger partial charge in [-0.05, 0) is 37.6 Å². The number of unbranched alkanes of at least 4 members (excludes halogenated alkanes) is 1. The number of fused-ring (bicyclic) bond motifs is 2. The molecule has 3 heterocycles. The Morgan fingerprint density at radius 1 is 1.29 bits per heavy atom. The number of aromatic nitrogens is 4. The van der Waals surface area contributed by atoms with Gasteiger partial charge < -0.3 is 9.30 Å². The monoisotopic (exact) mass is 461 g/mol. The summed E-state index contributed by atoms with van der Waals surface area (Å²) < 4.78 is 32.6. The summed E-state index contributed by atoms with van der Waals surface area (Å²) in [4.78, 5) is 18.6. The molecule has 0 atom stereocenters. The van der Waals surface area contributed by atoms with E-state index in [4.69, 9.17) is 9.88 Å². The first-order valence-electron chi connectivity index (χ1n) is 9.81. The molecule has 0 unspecified atom stereocenters. The van der Waals surface area contributed by atoms with Gasteiger partial charge in [0.05, 0.1) is 21.6 Å². The fourth-order valence-corrected chi connectivity index (χ4v) is 5.07. The third-order valence-corrected chi connectivity index (χ3v) is 7.19. The predicted octanol–water partition coefficient (Wildman–Crippen LogP) is 3.10. The topological polar surface area (TPSA) is 122 Å². The van der Waals surface area contributed by atoms with Crippen LogP contribution in [0.5, 0.6) is 0 Å². The number of aryl methyl sites for hydroxylation is 3. The minimum absolute atomic E-state index is 0.00191. The van der Waals surface area contributed by atoms with Crippen LogP contribution < -0.4 is 5.14 Å². The van der Waals surface area contributed by atoms with Crippen LogP contribution in [0, 0.1) is 6.92 Å². The molecule has 0 bridgehead atoms. The number of carbonyl (C=O) groups excluding carboxylic acids is 1. The second-order valence-electron chi connectivity index (χ2n) is 7.34. The number of ether oxygens (including phenoxy) is 1. The lowest BCUT2D eigenvalue weighted by atomic mass is 10.3. The van der Waals surface area contributed by atoms with Gasteiger partial charge in [-0.1, -0.05) is 13.3 Å². The zero-order valence-corrected chi connectivity index (χ0v) is 19.1. The third-order valence-electron chi connectivity index (χ3n) is 5.09. The summed E-state index contributed by atoms with van der Waals surface area (Å²) in [5, 5.41) is 10.5. The first kappa shape index (κ1) is 21.5. The molecule has 0 aliphatic rings. The summed E-state index contributed by atoms with van der Waals surface area (Å²) >= 11 is 1.33. The minimum Gasteiger partial charge on any atom is -0.453 e. The van der Waals surface area contributed by atoms with Gasteiger partial charge >= 0.3 is 5.97 Å². The van der Waals surface area contributed by atoms with E-state index >= 15 is 0 Å². The second-order valence-corrected chi connectivity index (χ2v) is 9.94. The predicted molar refractivity (Wildman–Crippen MR) is 118 cm³/mol. The van der Waals surface area contributed by atoms with Crippen molar-refractivity contribution in [2.24, 2.45) is 12.2 Å². The molecule has 4 rings (SSSR count). The van der Waals surface area contributed by atoms with Gasteiger partial charge in [0.1, 0.15) is 22.1 Å². The quantitative estimate of drug-likeness (QED) is 0.422. The Balaban J connectivity index is 1.62. The van der Waals surface area contributed by atoms with Crippen molar-refractivity contribution >= 4 is 48.6 Å². The van der Waals surface area contributed by atoms with Gasteiger partial charge in [-0.25, -0.2) is 23.3 Å². The van der Waals surface area contributed by atoms with Crippen molar-refractivity contribution in [1.82, 2.24) is 19.3 Å². The van der Waals surface area contributed by atoms with E-state index in [0.29, 0.717) is 22.8 Å². The number of benzene rings is 1. The molecule has 11 heteroatoms. The third kappa shape index (κ3) is 4.08. The second kappa shape index (κ2) is 8.06. The Hall–Kier alpha value is -2.76. The number of thiophene rings is 1. The van der Waals surface area contributed by atoms with Crippen molar-refractivity contribution in [1.29, 1.82) is 0 Å². The fourth-order valence-electron chi connectivity index (χ4n) is 3.52. The summed E-state index contributed by atoms with van der Waals surface area (Å²) in [5.74, 6) is 0.127. The van der Waals surface area contributed by atoms with Crippen LogP contribution in [-0.4, -0.2) is 33.7 Å². The number of carbonyl (C=O) groups is 1. The van der Waals surface area contributed by atoms with Gasteiger partial charge in [0, 0.05) is 19.0 Å². The molecule has 0 aliphatic carbocycles. The van der Waals surface area contributed by atoms with Gasteiger partial charge in [0.15, 0.2) is 0 Å². The maximum Gasteiger partial charge on any atom is 0.348 e. The van der Waals surface area contributed by atoms with E-state index in [1.54, 1.807) is 16.8 Å². The number of primary sulfonamides is 1. The number of hydrogen-bond donors (Lipinski definition) is 1. The van der Waals surface area contributed by atoms with Crippen LogP contribution in [-0.2, 0) is 35.0 Å². The zero-order valence-electron chi connectivity index (χ0n) is 17.5. The Labute approximate surface area is 183 Å². The van der Waals surface area contributed by atoms with Crippen LogP contribution in [0.15, 0.2) is 29.2 Å². The van der Waals surface area contributed by atoms with Crippen molar-refractivity contribution in [3.05, 3.63) is 40.7 Å². The molecule has 0 spiro atoms. The molecule has 1 aromatic carbocycles. The van der Waals surface area contributed by atoms with E-state index in [1.807, 2.05) is 18.5 Å². The average Bonchev–Trinajstić information content (AvgIpc) is 3.37. The minimum atomic E-state index is -3.83. The van der Waals surface area contributed by atoms with Gasteiger partial charge in [-0.15, -0.1) is 11.3 Å². The normalized spacial score (nSPS) is 12.1. The molecule has 4 aromatic rings. The molecule has 0 saturated heterocycles. The number of imidazole rings is 1. The molecular weight excluding hydrogens is 438 g/mol. The average molecular weight is 462 g/mol. The molecule has 3 aromatic heterocycles. The van der Waals surface area contributed by atoms with Crippen molar-refractivity contribution in [2.75, 3.05) is 0 Å². The fraction of sp³-hybridized carbons (Fsp3) is 0.350. The Morgan fingerprint density at radius 2 is 2.06 bits per heavy atom. The van der Waals surface area contributed by atoms with Crippen LogP contribution in [0.2, 0.25) is 0 Å². The number of hydrogen-bond acceptors (Lipinski definition) is 7. The molecule has 2 N–H and O–H groups in total. The number of rotatable bonds is 7. The highest BCUT2D eigenvalue weighted by molar-refractivity contribution is 7.89. The zero-order chi connectivity index (χ0) is 22.3. The summed E-state index contributed by atoms with van der Waals surface area (Å²) in [5.41, 5.74) is 2.13. The van der Waals surface area contributed by atoms with E-state index < -0.39 is 16.0 Å². The highest BCUT2D eigenvalue weighted by Gasteiger charge is 2.19. The highest BCUT2D eigenvalue weighted by Crippen LogP contribution is 2.28.